The lowest BCUT2D eigenvalue weighted by molar-refractivity contribution is 0.641. The van der Waals surface area contributed by atoms with Crippen LogP contribution in [0.4, 0.5) is 0 Å². The molecule has 3 heteroatoms. The molecule has 0 aliphatic heterocycles. The molecule has 0 saturated carbocycles. The van der Waals surface area contributed by atoms with Gasteiger partial charge < -0.3 is 5.73 Å². The van der Waals surface area contributed by atoms with E-state index < -0.39 is 0 Å². The summed E-state index contributed by atoms with van der Waals surface area (Å²) in [6.45, 7) is 6.65. The van der Waals surface area contributed by atoms with Crippen molar-refractivity contribution in [3.8, 4) is 0 Å². The Hall–Kier alpha value is 0.01000. The maximum Gasteiger partial charge on any atom is 0.0178 e. The molecule has 0 fully saturated rings. The van der Waals surface area contributed by atoms with E-state index in [9.17, 15) is 0 Å². The summed E-state index contributed by atoms with van der Waals surface area (Å²) in [4.78, 5) is 1.38. The van der Waals surface area contributed by atoms with Crippen molar-refractivity contribution in [2.45, 2.75) is 56.2 Å². The number of hydrogen-bond donors (Lipinski definition) is 1. The molecule has 0 amide bonds. The minimum Gasteiger partial charge on any atom is -0.327 e. The van der Waals surface area contributed by atoms with E-state index in [1.807, 2.05) is 11.8 Å². The smallest absolute Gasteiger partial charge is 0.0178 e. The maximum atomic E-state index is 6.06. The fourth-order valence-electron chi connectivity index (χ4n) is 1.55. The molecule has 0 heterocycles. The van der Waals surface area contributed by atoms with Crippen molar-refractivity contribution in [3.63, 3.8) is 0 Å². The Morgan fingerprint density at radius 1 is 1.29 bits per heavy atom. The highest BCUT2D eigenvalue weighted by atomic mass is 79.9. The van der Waals surface area contributed by atoms with Gasteiger partial charge >= 0.3 is 0 Å². The molecule has 1 rings (SSSR count). The first-order valence-electron chi connectivity index (χ1n) is 6.27. The molecule has 0 aliphatic rings. The summed E-state index contributed by atoms with van der Waals surface area (Å²) in [5, 5.41) is 0.660. The fraction of sp³-hybridized carbons (Fsp3) is 0.571. The highest BCUT2D eigenvalue weighted by molar-refractivity contribution is 9.10. The second-order valence-corrected chi connectivity index (χ2v) is 6.86. The van der Waals surface area contributed by atoms with E-state index in [-0.39, 0.29) is 6.04 Å². The molecular formula is C14H22BrNS. The molecule has 0 radical (unpaired) electrons. The first-order chi connectivity index (χ1) is 8.06. The molecule has 0 aromatic heterocycles. The van der Waals surface area contributed by atoms with Crippen LogP contribution in [0.25, 0.3) is 0 Å². The van der Waals surface area contributed by atoms with E-state index >= 15 is 0 Å². The van der Waals surface area contributed by atoms with Crippen molar-refractivity contribution in [2.75, 3.05) is 0 Å². The van der Waals surface area contributed by atoms with Crippen LogP contribution in [0.3, 0.4) is 0 Å². The van der Waals surface area contributed by atoms with Gasteiger partial charge in [0.05, 0.1) is 0 Å². The van der Waals surface area contributed by atoms with Crippen molar-refractivity contribution >= 4 is 27.7 Å². The van der Waals surface area contributed by atoms with Crippen LogP contribution in [-0.4, -0.2) is 11.3 Å². The van der Waals surface area contributed by atoms with Gasteiger partial charge in [-0.1, -0.05) is 36.7 Å². The topological polar surface area (TPSA) is 26.0 Å². The molecule has 2 unspecified atom stereocenters. The zero-order valence-corrected chi connectivity index (χ0v) is 13.3. The van der Waals surface area contributed by atoms with Crippen LogP contribution in [-0.2, 0) is 6.42 Å². The third kappa shape index (κ3) is 5.02. The SMILES string of the molecule is CCC(N)Cc1cc(Br)ccc1SC(C)CC. The van der Waals surface area contributed by atoms with E-state index in [0.29, 0.717) is 5.25 Å². The first kappa shape index (κ1) is 15.1. The molecule has 1 nitrogen and oxygen atoms in total. The third-order valence-electron chi connectivity index (χ3n) is 2.93. The Morgan fingerprint density at radius 2 is 2.00 bits per heavy atom. The number of thioether (sulfide) groups is 1. The van der Waals surface area contributed by atoms with E-state index in [4.69, 9.17) is 5.73 Å². The summed E-state index contributed by atoms with van der Waals surface area (Å²) in [5.74, 6) is 0. The molecule has 0 spiro atoms. The zero-order valence-electron chi connectivity index (χ0n) is 10.9. The Balaban J connectivity index is 2.87. The Kier molecular flexibility index (Phi) is 6.60. The van der Waals surface area contributed by atoms with Crippen LogP contribution in [0, 0.1) is 0 Å². The summed E-state index contributed by atoms with van der Waals surface area (Å²) >= 11 is 5.50. The van der Waals surface area contributed by atoms with E-state index in [1.54, 1.807) is 0 Å². The lowest BCUT2D eigenvalue weighted by Crippen LogP contribution is -2.21. The highest BCUT2D eigenvalue weighted by Gasteiger charge is 2.10. The van der Waals surface area contributed by atoms with Crippen LogP contribution in [0.5, 0.6) is 0 Å². The largest absolute Gasteiger partial charge is 0.327 e. The van der Waals surface area contributed by atoms with Gasteiger partial charge in [-0.25, -0.2) is 0 Å². The average Bonchev–Trinajstić information content (AvgIpc) is 2.32. The molecule has 1 aromatic carbocycles. The van der Waals surface area contributed by atoms with Crippen LogP contribution in [0.2, 0.25) is 0 Å². The zero-order chi connectivity index (χ0) is 12.8. The van der Waals surface area contributed by atoms with Crippen molar-refractivity contribution < 1.29 is 0 Å². The molecular weight excluding hydrogens is 294 g/mol. The fourth-order valence-corrected chi connectivity index (χ4v) is 3.00. The van der Waals surface area contributed by atoms with E-state index in [0.717, 1.165) is 17.3 Å². The highest BCUT2D eigenvalue weighted by Crippen LogP contribution is 2.31. The predicted molar refractivity (Wildman–Crippen MR) is 81.7 cm³/mol. The lowest BCUT2D eigenvalue weighted by atomic mass is 10.1. The minimum absolute atomic E-state index is 0.264. The van der Waals surface area contributed by atoms with Gasteiger partial charge in [-0.2, -0.15) is 0 Å². The molecule has 0 saturated heterocycles. The quantitative estimate of drug-likeness (QED) is 0.775. The summed E-state index contributed by atoms with van der Waals surface area (Å²) in [7, 11) is 0. The van der Waals surface area contributed by atoms with Gasteiger partial charge in [0.2, 0.25) is 0 Å². The van der Waals surface area contributed by atoms with Crippen molar-refractivity contribution in [1.29, 1.82) is 0 Å². The third-order valence-corrected chi connectivity index (χ3v) is 4.81. The molecule has 0 aliphatic carbocycles. The van der Waals surface area contributed by atoms with E-state index in [2.05, 4.69) is 54.9 Å². The summed E-state index contributed by atoms with van der Waals surface area (Å²) < 4.78 is 1.14. The molecule has 96 valence electrons. The average molecular weight is 316 g/mol. The van der Waals surface area contributed by atoms with Crippen LogP contribution >= 0.6 is 27.7 Å². The second-order valence-electron chi connectivity index (χ2n) is 4.46. The number of benzene rings is 1. The van der Waals surface area contributed by atoms with Gasteiger partial charge in [-0.15, -0.1) is 11.8 Å². The van der Waals surface area contributed by atoms with Gasteiger partial charge in [0, 0.05) is 20.7 Å². The summed E-state index contributed by atoms with van der Waals surface area (Å²) in [5.41, 5.74) is 7.44. The first-order valence-corrected chi connectivity index (χ1v) is 7.94. The predicted octanol–water partition coefficient (Wildman–Crippen LogP) is 4.62. The van der Waals surface area contributed by atoms with Gasteiger partial charge in [-0.3, -0.25) is 0 Å². The van der Waals surface area contributed by atoms with Gasteiger partial charge in [-0.05, 0) is 43.0 Å². The number of nitrogens with two attached hydrogens (primary N) is 1. The van der Waals surface area contributed by atoms with Crippen molar-refractivity contribution in [3.05, 3.63) is 28.2 Å². The normalized spacial score (nSPS) is 14.6. The van der Waals surface area contributed by atoms with Crippen LogP contribution < -0.4 is 5.73 Å². The Morgan fingerprint density at radius 3 is 2.59 bits per heavy atom. The molecule has 1 aromatic rings. The molecule has 2 atom stereocenters. The van der Waals surface area contributed by atoms with Gasteiger partial charge in [0.25, 0.3) is 0 Å². The summed E-state index contributed by atoms with van der Waals surface area (Å²) in [6, 6.07) is 6.80. The second kappa shape index (κ2) is 7.45. The Labute approximate surface area is 118 Å². The molecule has 0 bridgehead atoms. The number of rotatable bonds is 6. The monoisotopic (exact) mass is 315 g/mol. The van der Waals surface area contributed by atoms with Gasteiger partial charge in [0.15, 0.2) is 0 Å². The lowest BCUT2D eigenvalue weighted by Gasteiger charge is -2.16. The van der Waals surface area contributed by atoms with Gasteiger partial charge in [0.1, 0.15) is 0 Å². The number of halogens is 1. The van der Waals surface area contributed by atoms with Crippen LogP contribution in [0.15, 0.2) is 27.6 Å². The van der Waals surface area contributed by atoms with E-state index in [1.165, 1.54) is 16.9 Å². The minimum atomic E-state index is 0.264. The van der Waals surface area contributed by atoms with Crippen molar-refractivity contribution in [2.24, 2.45) is 5.73 Å². The molecule has 2 N–H and O–H groups in total. The van der Waals surface area contributed by atoms with Crippen LogP contribution in [0.1, 0.15) is 39.2 Å². The maximum absolute atomic E-state index is 6.06. The number of hydrogen-bond acceptors (Lipinski definition) is 2. The Bertz CT molecular complexity index is 354. The summed E-state index contributed by atoms with van der Waals surface area (Å²) in [6.07, 6.45) is 3.19. The molecule has 17 heavy (non-hydrogen) atoms. The van der Waals surface area contributed by atoms with Crippen molar-refractivity contribution in [1.82, 2.24) is 0 Å². The standard InChI is InChI=1S/C14H22BrNS/c1-4-10(3)17-14-7-6-12(15)8-11(14)9-13(16)5-2/h6-8,10,13H,4-5,9,16H2,1-3H3.